The van der Waals surface area contributed by atoms with Crippen molar-refractivity contribution in [2.45, 2.75) is 44.4 Å². The van der Waals surface area contributed by atoms with Crippen LogP contribution in [-0.4, -0.2) is 23.2 Å². The first kappa shape index (κ1) is 18.5. The Labute approximate surface area is 165 Å². The predicted octanol–water partition coefficient (Wildman–Crippen LogP) is 5.19. The maximum absolute atomic E-state index is 11.0. The van der Waals surface area contributed by atoms with Crippen LogP contribution < -0.4 is 10.1 Å². The Bertz CT molecular complexity index is 962. The van der Waals surface area contributed by atoms with Crippen LogP contribution >= 0.6 is 0 Å². The minimum atomic E-state index is -0.917. The molecule has 0 aromatic heterocycles. The molecular formula is C24H25NO3. The van der Waals surface area contributed by atoms with E-state index in [1.807, 2.05) is 0 Å². The van der Waals surface area contributed by atoms with E-state index in [9.17, 15) is 4.79 Å². The summed E-state index contributed by atoms with van der Waals surface area (Å²) in [7, 11) is 0. The summed E-state index contributed by atoms with van der Waals surface area (Å²) in [6, 6.07) is 22.3. The van der Waals surface area contributed by atoms with Crippen molar-refractivity contribution in [1.82, 2.24) is 5.32 Å². The molecule has 0 spiro atoms. The molecule has 28 heavy (non-hydrogen) atoms. The zero-order chi connectivity index (χ0) is 19.5. The Kier molecular flexibility index (Phi) is 5.31. The summed E-state index contributed by atoms with van der Waals surface area (Å²) in [5, 5.41) is 15.3. The fourth-order valence-corrected chi connectivity index (χ4v) is 4.14. The first-order valence-electron chi connectivity index (χ1n) is 9.84. The molecule has 2 unspecified atom stereocenters. The van der Waals surface area contributed by atoms with Gasteiger partial charge in [-0.3, -0.25) is 0 Å². The van der Waals surface area contributed by atoms with Crippen molar-refractivity contribution in [2.75, 3.05) is 0 Å². The van der Waals surface area contributed by atoms with Crippen LogP contribution in [0.25, 0.3) is 10.8 Å². The molecule has 3 aromatic carbocycles. The van der Waals surface area contributed by atoms with Crippen molar-refractivity contribution in [3.8, 4) is 5.75 Å². The predicted molar refractivity (Wildman–Crippen MR) is 111 cm³/mol. The van der Waals surface area contributed by atoms with Gasteiger partial charge < -0.3 is 15.2 Å². The molecule has 1 aliphatic carbocycles. The average molecular weight is 375 g/mol. The Morgan fingerprint density at radius 2 is 1.79 bits per heavy atom. The third-order valence-electron chi connectivity index (χ3n) is 5.56. The zero-order valence-electron chi connectivity index (χ0n) is 16.0. The number of ether oxygens (including phenoxy) is 1. The zero-order valence-corrected chi connectivity index (χ0v) is 16.0. The molecule has 0 saturated heterocycles. The maximum Gasteiger partial charge on any atom is 0.335 e. The standard InChI is InChI=1S/C24H25NO3/c1-16(22-8-4-6-17-5-2-3-7-23(17)22)25-19-11-14-21(15-19)28-20-12-9-18(10-13-20)24(26)27/h2-10,12-13,16,19,21,25H,11,14-15H2,1H3,(H,26,27)/t16-,19?,21?/m1/s1. The molecule has 0 amide bonds. The van der Waals surface area contributed by atoms with E-state index in [-0.39, 0.29) is 17.7 Å². The van der Waals surface area contributed by atoms with Gasteiger partial charge >= 0.3 is 5.97 Å². The van der Waals surface area contributed by atoms with Gasteiger partial charge in [-0.2, -0.15) is 0 Å². The van der Waals surface area contributed by atoms with Crippen LogP contribution in [0.3, 0.4) is 0 Å². The molecule has 2 N–H and O–H groups in total. The number of carbonyl (C=O) groups is 1. The van der Waals surface area contributed by atoms with E-state index in [0.717, 1.165) is 25.0 Å². The van der Waals surface area contributed by atoms with Crippen LogP contribution in [-0.2, 0) is 0 Å². The molecule has 4 heteroatoms. The number of carboxylic acid groups (broad SMARTS) is 1. The molecule has 1 fully saturated rings. The number of hydrogen-bond acceptors (Lipinski definition) is 3. The van der Waals surface area contributed by atoms with Crippen molar-refractivity contribution < 1.29 is 14.6 Å². The summed E-state index contributed by atoms with van der Waals surface area (Å²) in [6.07, 6.45) is 3.19. The molecule has 0 radical (unpaired) electrons. The lowest BCUT2D eigenvalue weighted by atomic mass is 9.99. The fraction of sp³-hybridized carbons (Fsp3) is 0.292. The van der Waals surface area contributed by atoms with Crippen molar-refractivity contribution in [1.29, 1.82) is 0 Å². The van der Waals surface area contributed by atoms with Crippen LogP contribution in [0.15, 0.2) is 66.7 Å². The molecule has 1 saturated carbocycles. The van der Waals surface area contributed by atoms with Gasteiger partial charge in [-0.25, -0.2) is 4.79 Å². The molecule has 1 aliphatic rings. The van der Waals surface area contributed by atoms with E-state index >= 15 is 0 Å². The normalized spacial score (nSPS) is 20.2. The third-order valence-corrected chi connectivity index (χ3v) is 5.56. The second-order valence-corrected chi connectivity index (χ2v) is 7.54. The number of nitrogens with one attached hydrogen (secondary N) is 1. The lowest BCUT2D eigenvalue weighted by Gasteiger charge is -2.21. The number of rotatable bonds is 6. The molecule has 4 rings (SSSR count). The Morgan fingerprint density at radius 1 is 1.04 bits per heavy atom. The van der Waals surface area contributed by atoms with Crippen molar-refractivity contribution >= 4 is 16.7 Å². The highest BCUT2D eigenvalue weighted by atomic mass is 16.5. The van der Waals surface area contributed by atoms with Crippen LogP contribution in [0, 0.1) is 0 Å². The summed E-state index contributed by atoms with van der Waals surface area (Å²) in [5.41, 5.74) is 1.61. The quantitative estimate of drug-likeness (QED) is 0.623. The van der Waals surface area contributed by atoms with Crippen LogP contribution in [0.2, 0.25) is 0 Å². The summed E-state index contributed by atoms with van der Waals surface area (Å²) in [6.45, 7) is 2.22. The molecule has 4 nitrogen and oxygen atoms in total. The van der Waals surface area contributed by atoms with E-state index in [4.69, 9.17) is 9.84 Å². The number of aromatic carboxylic acids is 1. The first-order valence-corrected chi connectivity index (χ1v) is 9.84. The van der Waals surface area contributed by atoms with Gasteiger partial charge in [0.1, 0.15) is 11.9 Å². The lowest BCUT2D eigenvalue weighted by Crippen LogP contribution is -2.30. The number of benzene rings is 3. The Morgan fingerprint density at radius 3 is 2.57 bits per heavy atom. The highest BCUT2D eigenvalue weighted by Gasteiger charge is 2.27. The van der Waals surface area contributed by atoms with Crippen LogP contribution in [0.1, 0.15) is 48.1 Å². The second kappa shape index (κ2) is 8.03. The monoisotopic (exact) mass is 375 g/mol. The number of fused-ring (bicyclic) bond motifs is 1. The molecule has 0 bridgehead atoms. The van der Waals surface area contributed by atoms with Crippen molar-refractivity contribution in [3.63, 3.8) is 0 Å². The summed E-state index contributed by atoms with van der Waals surface area (Å²) in [5.74, 6) is -0.183. The van der Waals surface area contributed by atoms with E-state index in [1.165, 1.54) is 16.3 Å². The third kappa shape index (κ3) is 4.02. The minimum absolute atomic E-state index is 0.160. The van der Waals surface area contributed by atoms with E-state index in [2.05, 4.69) is 54.7 Å². The average Bonchev–Trinajstić information content (AvgIpc) is 3.14. The van der Waals surface area contributed by atoms with Gasteiger partial charge in [0.2, 0.25) is 0 Å². The Balaban J connectivity index is 1.37. The van der Waals surface area contributed by atoms with Gasteiger partial charge in [-0.1, -0.05) is 42.5 Å². The van der Waals surface area contributed by atoms with Gasteiger partial charge in [0, 0.05) is 12.1 Å². The number of carboxylic acids is 1. The van der Waals surface area contributed by atoms with E-state index < -0.39 is 5.97 Å². The fourth-order valence-electron chi connectivity index (χ4n) is 4.14. The summed E-state index contributed by atoms with van der Waals surface area (Å²) >= 11 is 0. The molecule has 3 atom stereocenters. The topological polar surface area (TPSA) is 58.6 Å². The van der Waals surface area contributed by atoms with Crippen molar-refractivity contribution in [3.05, 3.63) is 77.9 Å². The van der Waals surface area contributed by atoms with Gasteiger partial charge in [-0.15, -0.1) is 0 Å². The van der Waals surface area contributed by atoms with Gasteiger partial charge in [0.25, 0.3) is 0 Å². The van der Waals surface area contributed by atoms with E-state index in [0.29, 0.717) is 6.04 Å². The largest absolute Gasteiger partial charge is 0.490 e. The van der Waals surface area contributed by atoms with E-state index in [1.54, 1.807) is 24.3 Å². The Hall–Kier alpha value is -2.85. The first-order chi connectivity index (χ1) is 13.6. The van der Waals surface area contributed by atoms with Gasteiger partial charge in [-0.05, 0) is 66.8 Å². The highest BCUT2D eigenvalue weighted by molar-refractivity contribution is 5.87. The minimum Gasteiger partial charge on any atom is -0.490 e. The summed E-state index contributed by atoms with van der Waals surface area (Å²) < 4.78 is 6.06. The highest BCUT2D eigenvalue weighted by Crippen LogP contribution is 2.29. The molecule has 144 valence electrons. The SMILES string of the molecule is C[C@@H](NC1CCC(Oc2ccc(C(=O)O)cc2)C1)c1cccc2ccccc12. The maximum atomic E-state index is 11.0. The van der Waals surface area contributed by atoms with Crippen LogP contribution in [0.4, 0.5) is 0 Å². The molecular weight excluding hydrogens is 350 g/mol. The van der Waals surface area contributed by atoms with Crippen molar-refractivity contribution in [2.24, 2.45) is 0 Å². The van der Waals surface area contributed by atoms with Gasteiger partial charge in [0.05, 0.1) is 5.56 Å². The molecule has 0 aliphatic heterocycles. The summed E-state index contributed by atoms with van der Waals surface area (Å²) in [4.78, 5) is 11.0. The second-order valence-electron chi connectivity index (χ2n) is 7.54. The molecule has 3 aromatic rings. The molecule has 0 heterocycles. The lowest BCUT2D eigenvalue weighted by molar-refractivity contribution is 0.0697. The smallest absolute Gasteiger partial charge is 0.335 e. The number of hydrogen-bond donors (Lipinski definition) is 2. The van der Waals surface area contributed by atoms with Gasteiger partial charge in [0.15, 0.2) is 0 Å². The van der Waals surface area contributed by atoms with Crippen LogP contribution in [0.5, 0.6) is 5.75 Å².